The molecule has 0 amide bonds. The SMILES string of the molecule is CC1(C)c2ccccc2-c2cc(-c3cc(-c4nc(-c5ccccc5)nc(-c5ccccc5)n4)cc(-c4nc5ccccc5c5ccncc45)c3)ccc21. The molecule has 0 fully saturated rings. The van der Waals surface area contributed by atoms with Crippen LogP contribution in [0.3, 0.4) is 0 Å². The van der Waals surface area contributed by atoms with Crippen molar-refractivity contribution in [2.75, 3.05) is 0 Å². The van der Waals surface area contributed by atoms with E-state index in [9.17, 15) is 0 Å². The molecule has 0 bridgehead atoms. The molecule has 3 aromatic heterocycles. The maximum atomic E-state index is 5.29. The van der Waals surface area contributed by atoms with E-state index in [0.29, 0.717) is 17.5 Å². The van der Waals surface area contributed by atoms with Gasteiger partial charge in [-0.15, -0.1) is 0 Å². The van der Waals surface area contributed by atoms with Crippen molar-refractivity contribution in [2.24, 2.45) is 0 Å². The highest BCUT2D eigenvalue weighted by molar-refractivity contribution is 6.10. The lowest BCUT2D eigenvalue weighted by Crippen LogP contribution is -2.14. The van der Waals surface area contributed by atoms with E-state index in [1.807, 2.05) is 79.1 Å². The van der Waals surface area contributed by atoms with Gasteiger partial charge in [-0.2, -0.15) is 0 Å². The van der Waals surface area contributed by atoms with Gasteiger partial charge in [0.05, 0.1) is 11.2 Å². The van der Waals surface area contributed by atoms with Crippen LogP contribution in [0.1, 0.15) is 25.0 Å². The molecule has 0 unspecified atom stereocenters. The number of para-hydroxylation sites is 1. The van der Waals surface area contributed by atoms with Crippen LogP contribution in [0.2, 0.25) is 0 Å². The molecule has 9 aromatic rings. The monoisotopic (exact) mass is 679 g/mol. The second-order valence-electron chi connectivity index (χ2n) is 14.2. The molecule has 1 aliphatic carbocycles. The van der Waals surface area contributed by atoms with E-state index in [-0.39, 0.29) is 5.41 Å². The molecule has 0 aliphatic heterocycles. The zero-order valence-corrected chi connectivity index (χ0v) is 29.3. The highest BCUT2D eigenvalue weighted by atomic mass is 15.0. The third kappa shape index (κ3) is 5.20. The summed E-state index contributed by atoms with van der Waals surface area (Å²) in [5, 5.41) is 3.20. The number of nitrogens with zero attached hydrogens (tertiary/aromatic N) is 5. The average Bonchev–Trinajstić information content (AvgIpc) is 3.46. The molecular weight excluding hydrogens is 647 g/mol. The van der Waals surface area contributed by atoms with Gasteiger partial charge >= 0.3 is 0 Å². The number of aromatic nitrogens is 5. The number of rotatable bonds is 5. The number of benzene rings is 6. The third-order valence-corrected chi connectivity index (χ3v) is 10.6. The van der Waals surface area contributed by atoms with Crippen LogP contribution in [0.5, 0.6) is 0 Å². The minimum Gasteiger partial charge on any atom is -0.264 e. The van der Waals surface area contributed by atoms with Gasteiger partial charge < -0.3 is 0 Å². The Hall–Kier alpha value is -6.85. The molecule has 1 aliphatic rings. The van der Waals surface area contributed by atoms with Gasteiger partial charge in [-0.25, -0.2) is 19.9 Å². The summed E-state index contributed by atoms with van der Waals surface area (Å²) >= 11 is 0. The van der Waals surface area contributed by atoms with E-state index in [2.05, 4.69) is 104 Å². The number of hydrogen-bond donors (Lipinski definition) is 0. The smallest absolute Gasteiger partial charge is 0.164 e. The largest absolute Gasteiger partial charge is 0.264 e. The predicted molar refractivity (Wildman–Crippen MR) is 215 cm³/mol. The van der Waals surface area contributed by atoms with Crippen LogP contribution in [0.4, 0.5) is 0 Å². The van der Waals surface area contributed by atoms with E-state index in [4.69, 9.17) is 19.9 Å². The highest BCUT2D eigenvalue weighted by Gasteiger charge is 2.35. The zero-order chi connectivity index (χ0) is 35.5. The zero-order valence-electron chi connectivity index (χ0n) is 29.3. The molecular formula is C48H33N5. The van der Waals surface area contributed by atoms with Gasteiger partial charge in [-0.3, -0.25) is 4.98 Å². The fourth-order valence-corrected chi connectivity index (χ4v) is 7.92. The molecule has 10 rings (SSSR count). The van der Waals surface area contributed by atoms with E-state index < -0.39 is 0 Å². The van der Waals surface area contributed by atoms with E-state index in [1.165, 1.54) is 22.3 Å². The Balaban J connectivity index is 1.24. The number of hydrogen-bond acceptors (Lipinski definition) is 5. The van der Waals surface area contributed by atoms with Gasteiger partial charge in [0.15, 0.2) is 17.5 Å². The Labute approximate surface area is 307 Å². The molecule has 5 heteroatoms. The first-order valence-electron chi connectivity index (χ1n) is 17.9. The normalized spacial score (nSPS) is 12.9. The molecule has 0 spiro atoms. The van der Waals surface area contributed by atoms with Crippen molar-refractivity contribution >= 4 is 21.7 Å². The Bertz CT molecular complexity index is 2810. The van der Waals surface area contributed by atoms with Crippen molar-refractivity contribution in [1.29, 1.82) is 0 Å². The average molecular weight is 680 g/mol. The van der Waals surface area contributed by atoms with Crippen LogP contribution in [0, 0.1) is 0 Å². The molecule has 53 heavy (non-hydrogen) atoms. The van der Waals surface area contributed by atoms with Crippen LogP contribution >= 0.6 is 0 Å². The summed E-state index contributed by atoms with van der Waals surface area (Å²) in [6, 6.07) is 52.9. The van der Waals surface area contributed by atoms with Crippen molar-refractivity contribution in [3.8, 4) is 67.7 Å². The predicted octanol–water partition coefficient (Wildman–Crippen LogP) is 11.6. The summed E-state index contributed by atoms with van der Waals surface area (Å²) in [6.45, 7) is 4.63. The minimum atomic E-state index is -0.0784. The van der Waals surface area contributed by atoms with Crippen LogP contribution in [0.25, 0.3) is 89.4 Å². The fraction of sp³-hybridized carbons (Fsp3) is 0.0625. The molecule has 0 saturated heterocycles. The van der Waals surface area contributed by atoms with Crippen molar-refractivity contribution in [1.82, 2.24) is 24.9 Å². The summed E-state index contributed by atoms with van der Waals surface area (Å²) in [5.41, 5.74) is 12.8. The highest BCUT2D eigenvalue weighted by Crippen LogP contribution is 2.50. The third-order valence-electron chi connectivity index (χ3n) is 10.6. The summed E-state index contributed by atoms with van der Waals surface area (Å²) in [6.07, 6.45) is 3.78. The van der Waals surface area contributed by atoms with Crippen molar-refractivity contribution in [3.05, 3.63) is 175 Å². The topological polar surface area (TPSA) is 64.5 Å². The summed E-state index contributed by atoms with van der Waals surface area (Å²) in [4.78, 5) is 25.1. The van der Waals surface area contributed by atoms with Crippen molar-refractivity contribution in [3.63, 3.8) is 0 Å². The Morgan fingerprint density at radius 1 is 0.396 bits per heavy atom. The molecule has 0 radical (unpaired) electrons. The van der Waals surface area contributed by atoms with Crippen molar-refractivity contribution < 1.29 is 0 Å². The van der Waals surface area contributed by atoms with Crippen LogP contribution in [0.15, 0.2) is 164 Å². The first kappa shape index (κ1) is 30.9. The quantitative estimate of drug-likeness (QED) is 0.169. The number of pyridine rings is 2. The summed E-state index contributed by atoms with van der Waals surface area (Å²) in [7, 11) is 0. The fourth-order valence-electron chi connectivity index (χ4n) is 7.92. The second-order valence-corrected chi connectivity index (χ2v) is 14.2. The van der Waals surface area contributed by atoms with E-state index in [0.717, 1.165) is 60.8 Å². The molecule has 0 N–H and O–H groups in total. The summed E-state index contributed by atoms with van der Waals surface area (Å²) < 4.78 is 0. The van der Waals surface area contributed by atoms with Gasteiger partial charge in [0.2, 0.25) is 0 Å². The molecule has 0 saturated carbocycles. The lowest BCUT2D eigenvalue weighted by Gasteiger charge is -2.21. The van der Waals surface area contributed by atoms with Crippen LogP contribution < -0.4 is 0 Å². The maximum absolute atomic E-state index is 5.29. The van der Waals surface area contributed by atoms with Gasteiger partial charge in [0.1, 0.15) is 0 Å². The first-order chi connectivity index (χ1) is 26.0. The van der Waals surface area contributed by atoms with Gasteiger partial charge in [-0.05, 0) is 75.2 Å². The Morgan fingerprint density at radius 2 is 1.00 bits per heavy atom. The first-order valence-corrected chi connectivity index (χ1v) is 17.9. The molecule has 5 nitrogen and oxygen atoms in total. The number of fused-ring (bicyclic) bond motifs is 6. The van der Waals surface area contributed by atoms with Gasteiger partial charge in [0.25, 0.3) is 0 Å². The maximum Gasteiger partial charge on any atom is 0.164 e. The van der Waals surface area contributed by atoms with Gasteiger partial charge in [-0.1, -0.05) is 129 Å². The molecule has 0 atom stereocenters. The molecule has 3 heterocycles. The lowest BCUT2D eigenvalue weighted by molar-refractivity contribution is 0.660. The van der Waals surface area contributed by atoms with Crippen LogP contribution in [-0.4, -0.2) is 24.9 Å². The van der Waals surface area contributed by atoms with E-state index >= 15 is 0 Å². The lowest BCUT2D eigenvalue weighted by atomic mass is 9.82. The minimum absolute atomic E-state index is 0.0784. The Kier molecular flexibility index (Phi) is 7.08. The second kappa shape index (κ2) is 12.1. The van der Waals surface area contributed by atoms with E-state index in [1.54, 1.807) is 0 Å². The van der Waals surface area contributed by atoms with Crippen LogP contribution in [-0.2, 0) is 5.41 Å². The summed E-state index contributed by atoms with van der Waals surface area (Å²) in [5.74, 6) is 1.84. The molecule has 6 aromatic carbocycles. The molecule has 250 valence electrons. The standard InChI is InChI=1S/C48H33N5/c1-48(2)41-19-11-9-17-37(41)39-28-32(21-22-42(39)48)33-25-34(44-40-29-49-24-23-36(40)38-18-10-12-20-43(38)50-44)27-35(26-33)47-52-45(30-13-5-3-6-14-30)51-46(53-47)31-15-7-4-8-16-31/h3-29H,1-2H3. The van der Waals surface area contributed by atoms with Gasteiger partial charge in [0, 0.05) is 50.8 Å². The van der Waals surface area contributed by atoms with Crippen molar-refractivity contribution in [2.45, 2.75) is 19.3 Å². The Morgan fingerprint density at radius 3 is 1.75 bits per heavy atom.